The number of hydrogen-bond acceptors (Lipinski definition) is 4. The Morgan fingerprint density at radius 1 is 1.06 bits per heavy atom. The first kappa shape index (κ1) is 23.6. The number of H-pyrrole nitrogens is 1. The molecule has 4 fully saturated rings. The van der Waals surface area contributed by atoms with Gasteiger partial charge in [0.2, 0.25) is 10.0 Å². The Morgan fingerprint density at radius 2 is 1.78 bits per heavy atom. The van der Waals surface area contributed by atoms with Crippen molar-refractivity contribution in [3.05, 3.63) is 47.0 Å². The average Bonchev–Trinajstić information content (AvgIpc) is 3.33. The number of anilines is 1. The summed E-state index contributed by atoms with van der Waals surface area (Å²) in [4.78, 5) is 15.8. The highest BCUT2D eigenvalue weighted by atomic mass is 32.2. The van der Waals surface area contributed by atoms with Gasteiger partial charge in [0.15, 0.2) is 0 Å². The van der Waals surface area contributed by atoms with Crippen LogP contribution in [0.5, 0.6) is 5.75 Å². The van der Waals surface area contributed by atoms with Gasteiger partial charge in [0.1, 0.15) is 17.4 Å². The van der Waals surface area contributed by atoms with Crippen LogP contribution in [0.2, 0.25) is 0 Å². The lowest BCUT2D eigenvalue weighted by Crippen LogP contribution is -2.50. The molecule has 0 unspecified atom stereocenters. The van der Waals surface area contributed by atoms with Gasteiger partial charge in [0.25, 0.3) is 5.56 Å². The first-order valence-corrected chi connectivity index (χ1v) is 14.9. The molecule has 7 rings (SSSR count). The molecule has 0 aliphatic heterocycles. The van der Waals surface area contributed by atoms with Gasteiger partial charge in [-0.2, -0.15) is 0 Å². The number of unbranched alkanes of at least 4 members (excludes halogenated alkanes) is 1. The Kier molecular flexibility index (Phi) is 5.90. The minimum Gasteiger partial charge on any atom is -0.489 e. The fourth-order valence-electron chi connectivity index (χ4n) is 7.17. The second-order valence-electron chi connectivity index (χ2n) is 11.2. The molecule has 4 aliphatic carbocycles. The largest absolute Gasteiger partial charge is 0.489 e. The van der Waals surface area contributed by atoms with Gasteiger partial charge >= 0.3 is 0 Å². The summed E-state index contributed by atoms with van der Waals surface area (Å²) in [5.74, 6) is 3.74. The van der Waals surface area contributed by atoms with E-state index >= 15 is 0 Å². The quantitative estimate of drug-likeness (QED) is 0.432. The van der Waals surface area contributed by atoms with Gasteiger partial charge in [-0.25, -0.2) is 8.42 Å². The van der Waals surface area contributed by atoms with Crippen LogP contribution < -0.4 is 15.0 Å². The topological polar surface area (TPSA) is 93.2 Å². The average molecular weight is 510 g/mol. The van der Waals surface area contributed by atoms with Crippen molar-refractivity contribution in [1.82, 2.24) is 9.55 Å². The van der Waals surface area contributed by atoms with Crippen LogP contribution in [0.1, 0.15) is 51.9 Å². The van der Waals surface area contributed by atoms with Gasteiger partial charge in [-0.15, -0.1) is 0 Å². The van der Waals surface area contributed by atoms with E-state index in [2.05, 4.69) is 9.71 Å². The molecular formula is C28H35N3O4S. The summed E-state index contributed by atoms with van der Waals surface area (Å²) in [5, 5.41) is 0.805. The number of aromatic amines is 1. The lowest BCUT2D eigenvalue weighted by molar-refractivity contribution is -0.0787. The molecule has 0 saturated heterocycles. The summed E-state index contributed by atoms with van der Waals surface area (Å²) in [6.07, 6.45) is 11.6. The smallest absolute Gasteiger partial charge is 0.274 e. The molecule has 7 nitrogen and oxygen atoms in total. The molecule has 0 atom stereocenters. The van der Waals surface area contributed by atoms with Crippen LogP contribution in [-0.4, -0.2) is 29.8 Å². The number of aromatic nitrogens is 2. The first-order chi connectivity index (χ1) is 17.3. The van der Waals surface area contributed by atoms with Gasteiger partial charge in [-0.1, -0.05) is 13.3 Å². The number of fused-ring (bicyclic) bond motifs is 1. The Bertz CT molecular complexity index is 1430. The highest BCUT2D eigenvalue weighted by Gasteiger charge is 2.49. The molecule has 0 spiro atoms. The molecule has 3 aromatic rings. The Morgan fingerprint density at radius 3 is 2.47 bits per heavy atom. The summed E-state index contributed by atoms with van der Waals surface area (Å²) in [5.41, 5.74) is 2.60. The summed E-state index contributed by atoms with van der Waals surface area (Å²) in [7, 11) is -1.71. The van der Waals surface area contributed by atoms with E-state index in [0.29, 0.717) is 29.5 Å². The summed E-state index contributed by atoms with van der Waals surface area (Å²) >= 11 is 0. The molecule has 4 saturated carbocycles. The molecule has 192 valence electrons. The predicted octanol–water partition coefficient (Wildman–Crippen LogP) is 5.28. The van der Waals surface area contributed by atoms with Gasteiger partial charge in [0, 0.05) is 41.6 Å². The van der Waals surface area contributed by atoms with Crippen molar-refractivity contribution >= 4 is 26.6 Å². The highest BCUT2D eigenvalue weighted by Crippen LogP contribution is 2.55. The number of rotatable bonds is 8. The minimum absolute atomic E-state index is 0.0900. The van der Waals surface area contributed by atoms with E-state index in [1.54, 1.807) is 23.9 Å². The maximum absolute atomic E-state index is 12.7. The zero-order valence-corrected chi connectivity index (χ0v) is 21.8. The predicted molar refractivity (Wildman–Crippen MR) is 143 cm³/mol. The summed E-state index contributed by atoms with van der Waals surface area (Å²) in [6, 6.07) is 7.47. The molecule has 4 aliphatic rings. The van der Waals surface area contributed by atoms with E-state index in [1.807, 2.05) is 31.3 Å². The fourth-order valence-corrected chi connectivity index (χ4v) is 8.43. The number of sulfonamides is 1. The second-order valence-corrected chi connectivity index (χ2v) is 13.1. The Balaban J connectivity index is 1.42. The van der Waals surface area contributed by atoms with Crippen molar-refractivity contribution in [3.8, 4) is 16.9 Å². The maximum Gasteiger partial charge on any atom is 0.274 e. The Labute approximate surface area is 212 Å². The third kappa shape index (κ3) is 4.23. The minimum atomic E-state index is -3.45. The molecule has 2 aromatic heterocycles. The third-order valence-corrected chi connectivity index (χ3v) is 9.98. The van der Waals surface area contributed by atoms with Crippen molar-refractivity contribution in [2.45, 2.75) is 58.0 Å². The van der Waals surface area contributed by atoms with Crippen molar-refractivity contribution < 1.29 is 13.2 Å². The highest BCUT2D eigenvalue weighted by molar-refractivity contribution is 7.92. The molecule has 2 N–H and O–H groups in total. The van der Waals surface area contributed by atoms with Crippen LogP contribution in [0, 0.1) is 23.7 Å². The normalized spacial score (nSPS) is 27.0. The number of ether oxygens (including phenoxy) is 1. The van der Waals surface area contributed by atoms with Gasteiger partial charge in [0.05, 0.1) is 5.75 Å². The zero-order chi connectivity index (χ0) is 25.0. The van der Waals surface area contributed by atoms with Crippen molar-refractivity contribution in [3.63, 3.8) is 0 Å². The molecule has 2 heterocycles. The van der Waals surface area contributed by atoms with E-state index < -0.39 is 10.0 Å². The molecule has 4 bridgehead atoms. The van der Waals surface area contributed by atoms with Gasteiger partial charge in [-0.05, 0) is 86.5 Å². The Hall–Kier alpha value is -2.74. The first-order valence-electron chi connectivity index (χ1n) is 13.3. The summed E-state index contributed by atoms with van der Waals surface area (Å²) in [6.45, 7) is 1.98. The summed E-state index contributed by atoms with van der Waals surface area (Å²) < 4.78 is 36.5. The molecular weight excluding hydrogens is 474 g/mol. The van der Waals surface area contributed by atoms with Gasteiger partial charge < -0.3 is 14.3 Å². The number of hydrogen-bond donors (Lipinski definition) is 2. The van der Waals surface area contributed by atoms with Gasteiger partial charge in [-0.3, -0.25) is 9.52 Å². The number of aryl methyl sites for hydroxylation is 1. The van der Waals surface area contributed by atoms with Crippen LogP contribution in [0.15, 0.2) is 41.5 Å². The van der Waals surface area contributed by atoms with E-state index in [-0.39, 0.29) is 17.4 Å². The number of nitrogens with one attached hydrogen (secondary N) is 2. The van der Waals surface area contributed by atoms with E-state index in [0.717, 1.165) is 40.5 Å². The monoisotopic (exact) mass is 509 g/mol. The van der Waals surface area contributed by atoms with Crippen LogP contribution in [0.4, 0.5) is 5.69 Å². The van der Waals surface area contributed by atoms with Crippen LogP contribution in [-0.2, 0) is 17.1 Å². The third-order valence-electron chi connectivity index (χ3n) is 8.61. The molecule has 36 heavy (non-hydrogen) atoms. The number of pyridine rings is 1. The van der Waals surface area contributed by atoms with Crippen molar-refractivity contribution in [2.24, 2.45) is 30.7 Å². The lowest BCUT2D eigenvalue weighted by Gasteiger charge is -2.53. The maximum atomic E-state index is 12.7. The zero-order valence-electron chi connectivity index (χ0n) is 21.0. The van der Waals surface area contributed by atoms with E-state index in [1.165, 1.54) is 32.1 Å². The van der Waals surface area contributed by atoms with Crippen LogP contribution >= 0.6 is 0 Å². The second kappa shape index (κ2) is 8.98. The standard InChI is InChI=1S/C28H35N3O4S/c1-3-4-9-36(33,34)30-21-5-6-25(35-27-19-11-17-10-18(13-19)14-20(27)12-17)23(15-21)24-16-31(2)28(32)26-22(24)7-8-29-26/h5-8,15-20,27,29-30H,3-4,9-14H2,1-2H3. The van der Waals surface area contributed by atoms with Crippen LogP contribution in [0.3, 0.4) is 0 Å². The van der Waals surface area contributed by atoms with E-state index in [9.17, 15) is 13.2 Å². The lowest BCUT2D eigenvalue weighted by atomic mass is 9.55. The van der Waals surface area contributed by atoms with E-state index in [4.69, 9.17) is 4.74 Å². The molecule has 1 aromatic carbocycles. The number of nitrogens with zero attached hydrogens (tertiary/aromatic N) is 1. The van der Waals surface area contributed by atoms with Crippen LogP contribution in [0.25, 0.3) is 22.0 Å². The van der Waals surface area contributed by atoms with Crippen molar-refractivity contribution in [2.75, 3.05) is 10.5 Å². The molecule has 0 amide bonds. The SMILES string of the molecule is CCCCS(=O)(=O)Nc1ccc(OC2C3CC4CC(C3)CC2C4)c(-c2cn(C)c(=O)c3[nH]ccc23)c1. The van der Waals surface area contributed by atoms with Crippen molar-refractivity contribution in [1.29, 1.82) is 0 Å². The number of benzene rings is 1. The molecule has 8 heteroatoms. The fraction of sp³-hybridized carbons (Fsp3) is 0.536. The molecule has 0 radical (unpaired) electrons.